The summed E-state index contributed by atoms with van der Waals surface area (Å²) in [5.41, 5.74) is 15.5. The van der Waals surface area contributed by atoms with Crippen LogP contribution in [0.2, 0.25) is 0 Å². The van der Waals surface area contributed by atoms with E-state index in [4.69, 9.17) is 9.97 Å². The van der Waals surface area contributed by atoms with Gasteiger partial charge >= 0.3 is 0 Å². The van der Waals surface area contributed by atoms with Crippen LogP contribution in [0.5, 0.6) is 0 Å². The molecule has 0 amide bonds. The molecule has 0 fully saturated rings. The van der Waals surface area contributed by atoms with E-state index in [1.807, 2.05) is 36.7 Å². The average molecular weight is 733 g/mol. The van der Waals surface area contributed by atoms with Gasteiger partial charge < -0.3 is 9.80 Å². The van der Waals surface area contributed by atoms with Gasteiger partial charge in [0.25, 0.3) is 0 Å². The minimum atomic E-state index is -0.242. The predicted octanol–water partition coefficient (Wildman–Crippen LogP) is 14.2. The number of para-hydroxylation sites is 4. The molecule has 0 spiro atoms. The molecule has 0 N–H and O–H groups in total. The predicted molar refractivity (Wildman–Crippen MR) is 237 cm³/mol. The van der Waals surface area contributed by atoms with Gasteiger partial charge in [0.1, 0.15) is 0 Å². The van der Waals surface area contributed by atoms with Crippen LogP contribution >= 0.6 is 0 Å². The van der Waals surface area contributed by atoms with Gasteiger partial charge in [-0.05, 0) is 118 Å². The van der Waals surface area contributed by atoms with Crippen molar-refractivity contribution < 1.29 is 0 Å². The Bertz CT molecular complexity index is 2760. The normalized spacial score (nSPS) is 12.5. The smallest absolute Gasteiger partial charge is 0.0709 e. The van der Waals surface area contributed by atoms with Crippen LogP contribution in [0.25, 0.3) is 44.4 Å². The highest BCUT2D eigenvalue weighted by atomic mass is 15.2. The molecular formula is C53H40N4. The number of nitrogens with zero attached hydrogens (tertiary/aromatic N) is 4. The Labute approximate surface area is 334 Å². The van der Waals surface area contributed by atoms with E-state index in [0.717, 1.165) is 56.6 Å². The van der Waals surface area contributed by atoms with Crippen molar-refractivity contribution >= 4 is 44.9 Å². The summed E-state index contributed by atoms with van der Waals surface area (Å²) in [7, 11) is 0. The summed E-state index contributed by atoms with van der Waals surface area (Å²) in [6, 6.07) is 68.6. The molecule has 0 unspecified atom stereocenters. The molecule has 272 valence electrons. The lowest BCUT2D eigenvalue weighted by Crippen LogP contribution is -2.15. The van der Waals surface area contributed by atoms with Gasteiger partial charge in [-0.1, -0.05) is 123 Å². The highest BCUT2D eigenvalue weighted by Crippen LogP contribution is 2.54. The molecule has 4 nitrogen and oxygen atoms in total. The van der Waals surface area contributed by atoms with E-state index in [-0.39, 0.29) is 5.41 Å². The number of aromatic nitrogens is 2. The first kappa shape index (κ1) is 34.2. The molecule has 0 saturated heterocycles. The molecule has 0 radical (unpaired) electrons. The fraction of sp³-hybridized carbons (Fsp3) is 0.0566. The van der Waals surface area contributed by atoms with Crippen molar-refractivity contribution in [2.75, 3.05) is 9.80 Å². The van der Waals surface area contributed by atoms with E-state index in [1.54, 1.807) is 0 Å². The van der Waals surface area contributed by atoms with Crippen LogP contribution in [0.15, 0.2) is 207 Å². The number of hydrogen-bond donors (Lipinski definition) is 0. The van der Waals surface area contributed by atoms with Gasteiger partial charge in [-0.25, -0.2) is 0 Å². The monoisotopic (exact) mass is 732 g/mol. The molecule has 4 heteroatoms. The molecule has 0 aliphatic heterocycles. The maximum atomic E-state index is 5.15. The van der Waals surface area contributed by atoms with Crippen molar-refractivity contribution in [2.45, 2.75) is 19.3 Å². The highest BCUT2D eigenvalue weighted by Gasteiger charge is 2.37. The Morgan fingerprint density at radius 3 is 1.30 bits per heavy atom. The van der Waals surface area contributed by atoms with E-state index < -0.39 is 0 Å². The first-order valence-electron chi connectivity index (χ1n) is 19.5. The van der Waals surface area contributed by atoms with E-state index >= 15 is 0 Å². The van der Waals surface area contributed by atoms with Gasteiger partial charge in [0.15, 0.2) is 0 Å². The van der Waals surface area contributed by atoms with Crippen LogP contribution < -0.4 is 9.80 Å². The number of pyridine rings is 2. The fourth-order valence-electron chi connectivity index (χ4n) is 8.52. The van der Waals surface area contributed by atoms with Crippen molar-refractivity contribution in [3.05, 3.63) is 218 Å². The first-order chi connectivity index (χ1) is 28.0. The molecule has 0 saturated carbocycles. The zero-order chi connectivity index (χ0) is 38.3. The van der Waals surface area contributed by atoms with Gasteiger partial charge in [-0.15, -0.1) is 0 Å². The van der Waals surface area contributed by atoms with Crippen molar-refractivity contribution in [2.24, 2.45) is 0 Å². The Morgan fingerprint density at radius 1 is 0.368 bits per heavy atom. The molecule has 7 aromatic carbocycles. The van der Waals surface area contributed by atoms with Crippen LogP contribution in [0.3, 0.4) is 0 Å². The number of rotatable bonds is 8. The summed E-state index contributed by atoms with van der Waals surface area (Å²) in [5, 5.41) is 2.45. The summed E-state index contributed by atoms with van der Waals surface area (Å²) in [5.74, 6) is 0. The summed E-state index contributed by atoms with van der Waals surface area (Å²) < 4.78 is 0. The van der Waals surface area contributed by atoms with Gasteiger partial charge in [-0.2, -0.15) is 0 Å². The quantitative estimate of drug-likeness (QED) is 0.156. The maximum Gasteiger partial charge on any atom is 0.0709 e. The van der Waals surface area contributed by atoms with E-state index in [9.17, 15) is 0 Å². The third-order valence-corrected chi connectivity index (χ3v) is 11.3. The van der Waals surface area contributed by atoms with Crippen LogP contribution in [0.4, 0.5) is 34.1 Å². The summed E-state index contributed by atoms with van der Waals surface area (Å²) in [6.07, 6.45) is 3.99. The SMILES string of the molecule is CC1(C)c2cc(-c3ccc(N(c4ccccc4)c4ccccc4)cn3)ccc2-c2c1cc(-c1ccc(N(c3ccccc3)c3ccccc3)cn1)c1ccccc21. The largest absolute Gasteiger partial charge is 0.309 e. The standard InChI is InChI=1S/C53H40N4/c1-53(2)48-33-37(50-31-28-42(35-54-50)56(38-17-7-3-8-18-38)39-19-9-4-10-20-39)27-30-46(48)52-45-26-16-15-25-44(45)47(34-49(52)53)51-32-29-43(36-55-51)57(40-21-11-5-12-22-40)41-23-13-6-14-24-41/h3-36H,1-2H3. The Kier molecular flexibility index (Phi) is 8.45. The highest BCUT2D eigenvalue weighted by molar-refractivity contribution is 6.09. The lowest BCUT2D eigenvalue weighted by molar-refractivity contribution is 0.661. The van der Waals surface area contributed by atoms with Crippen molar-refractivity contribution in [3.63, 3.8) is 0 Å². The molecular weight excluding hydrogens is 693 g/mol. The lowest BCUT2D eigenvalue weighted by Gasteiger charge is -2.25. The Hall–Kier alpha value is -7.30. The Morgan fingerprint density at radius 2 is 0.825 bits per heavy atom. The summed E-state index contributed by atoms with van der Waals surface area (Å²) in [6.45, 7) is 4.70. The lowest BCUT2D eigenvalue weighted by atomic mass is 9.80. The van der Waals surface area contributed by atoms with E-state index in [1.165, 1.54) is 33.0 Å². The van der Waals surface area contributed by atoms with Gasteiger partial charge in [0.05, 0.1) is 35.2 Å². The molecule has 10 rings (SSSR count). The second-order valence-corrected chi connectivity index (χ2v) is 15.1. The van der Waals surface area contributed by atoms with Crippen LogP contribution in [0, 0.1) is 0 Å². The molecule has 57 heavy (non-hydrogen) atoms. The van der Waals surface area contributed by atoms with Crippen molar-refractivity contribution in [1.82, 2.24) is 9.97 Å². The fourth-order valence-corrected chi connectivity index (χ4v) is 8.52. The first-order valence-corrected chi connectivity index (χ1v) is 19.5. The molecule has 2 aromatic heterocycles. The molecule has 1 aliphatic carbocycles. The molecule has 1 aliphatic rings. The molecule has 0 bridgehead atoms. The van der Waals surface area contributed by atoms with Crippen LogP contribution in [0.1, 0.15) is 25.0 Å². The molecule has 0 atom stereocenters. The average Bonchev–Trinajstić information content (AvgIpc) is 3.51. The van der Waals surface area contributed by atoms with Crippen molar-refractivity contribution in [3.8, 4) is 33.6 Å². The number of anilines is 6. The van der Waals surface area contributed by atoms with Crippen LogP contribution in [-0.4, -0.2) is 9.97 Å². The van der Waals surface area contributed by atoms with Crippen molar-refractivity contribution in [1.29, 1.82) is 0 Å². The second kappa shape index (κ2) is 14.1. The van der Waals surface area contributed by atoms with E-state index in [2.05, 4.69) is 194 Å². The molecule has 9 aromatic rings. The number of benzene rings is 7. The third kappa shape index (κ3) is 6.03. The zero-order valence-corrected chi connectivity index (χ0v) is 31.9. The number of fused-ring (bicyclic) bond motifs is 5. The molecule has 2 heterocycles. The van der Waals surface area contributed by atoms with Crippen LogP contribution in [-0.2, 0) is 5.41 Å². The second-order valence-electron chi connectivity index (χ2n) is 15.1. The summed E-state index contributed by atoms with van der Waals surface area (Å²) in [4.78, 5) is 14.7. The maximum absolute atomic E-state index is 5.15. The van der Waals surface area contributed by atoms with Gasteiger partial charge in [0, 0.05) is 39.3 Å². The van der Waals surface area contributed by atoms with E-state index in [0.29, 0.717) is 0 Å². The third-order valence-electron chi connectivity index (χ3n) is 11.3. The Balaban J connectivity index is 1.02. The topological polar surface area (TPSA) is 32.3 Å². The van der Waals surface area contributed by atoms with Gasteiger partial charge in [-0.3, -0.25) is 9.97 Å². The summed E-state index contributed by atoms with van der Waals surface area (Å²) >= 11 is 0. The minimum Gasteiger partial charge on any atom is -0.309 e. The zero-order valence-electron chi connectivity index (χ0n) is 31.9. The minimum absolute atomic E-state index is 0.242. The number of hydrogen-bond acceptors (Lipinski definition) is 4. The van der Waals surface area contributed by atoms with Gasteiger partial charge in [0.2, 0.25) is 0 Å².